The molecule has 0 saturated carbocycles. The molecule has 0 radical (unpaired) electrons. The van der Waals surface area contributed by atoms with Gasteiger partial charge in [-0.1, -0.05) is 55.4 Å². The maximum atomic E-state index is 12.7. The fraction of sp³-hybridized carbons (Fsp3) is 0.636. The van der Waals surface area contributed by atoms with Gasteiger partial charge in [-0.2, -0.15) is 8.42 Å². The second-order valence-corrected chi connectivity index (χ2v) is 10.4. The van der Waals surface area contributed by atoms with E-state index in [2.05, 4.69) is 0 Å². The van der Waals surface area contributed by atoms with Gasteiger partial charge >= 0.3 is 60.8 Å². The van der Waals surface area contributed by atoms with Crippen molar-refractivity contribution in [2.45, 2.75) is 72.5 Å². The van der Waals surface area contributed by atoms with E-state index in [-0.39, 0.29) is 86.5 Å². The van der Waals surface area contributed by atoms with Crippen molar-refractivity contribution in [2.75, 3.05) is 0 Å². The third kappa shape index (κ3) is 9.19. The zero-order valence-electron chi connectivity index (χ0n) is 21.7. The Labute approximate surface area is 229 Å². The Kier molecular flexibility index (Phi) is 12.6. The molecule has 0 atom stereocenters. The second kappa shape index (κ2) is 12.8. The van der Waals surface area contributed by atoms with Crippen molar-refractivity contribution in [2.24, 2.45) is 23.7 Å². The van der Waals surface area contributed by atoms with Crippen LogP contribution in [0.3, 0.4) is 0 Å². The van der Waals surface area contributed by atoms with Crippen LogP contribution in [0.5, 0.6) is 0 Å². The summed E-state index contributed by atoms with van der Waals surface area (Å²) in [4.78, 5) is 24.8. The van der Waals surface area contributed by atoms with Crippen LogP contribution in [0.25, 0.3) is 0 Å². The van der Waals surface area contributed by atoms with Gasteiger partial charge in [-0.25, -0.2) is 9.59 Å². The maximum Gasteiger partial charge on any atom is 2.00 e. The molecule has 1 aromatic carbocycles. The summed E-state index contributed by atoms with van der Waals surface area (Å²) in [6.45, 7) is 15.3. The average molecular weight is 582 g/mol. The van der Waals surface area contributed by atoms with Gasteiger partial charge in [0.25, 0.3) is 10.1 Å². The molecular formula is C22H36BaO7S. The molecule has 0 unspecified atom stereocenters. The number of benzene rings is 1. The zero-order valence-corrected chi connectivity index (χ0v) is 25.0. The van der Waals surface area contributed by atoms with Crippen molar-refractivity contribution in [1.82, 2.24) is 0 Å². The van der Waals surface area contributed by atoms with Crippen LogP contribution in [0.2, 0.25) is 0 Å². The average Bonchev–Trinajstić information content (AvgIpc) is 2.61. The molecule has 0 aliphatic carbocycles. The molecule has 31 heavy (non-hydrogen) atoms. The number of hydrogen-bond donors (Lipinski definition) is 1. The first kappa shape index (κ1) is 30.6. The Balaban J connectivity index is -0.00000300. The number of carbonyl (C=O) groups excluding carboxylic acids is 2. The second-order valence-electron chi connectivity index (χ2n) is 8.94. The molecule has 0 saturated heterocycles. The molecule has 0 fully saturated rings. The molecular weight excluding hydrogens is 546 g/mol. The molecule has 1 aromatic rings. The van der Waals surface area contributed by atoms with Crippen LogP contribution in [0, 0.1) is 23.7 Å². The van der Waals surface area contributed by atoms with Crippen LogP contribution in [-0.4, -0.2) is 86.0 Å². The quantitative estimate of drug-likeness (QED) is 0.261. The van der Waals surface area contributed by atoms with Gasteiger partial charge in [-0.05, 0) is 41.9 Å². The Morgan fingerprint density at radius 1 is 0.742 bits per heavy atom. The molecule has 0 amide bonds. The number of esters is 2. The van der Waals surface area contributed by atoms with E-state index in [1.54, 1.807) is 0 Å². The van der Waals surface area contributed by atoms with Crippen LogP contribution < -0.4 is 0 Å². The summed E-state index contributed by atoms with van der Waals surface area (Å²) < 4.78 is 44.0. The maximum absolute atomic E-state index is 12.7. The molecule has 1 rings (SSSR count). The number of rotatable bonds is 9. The monoisotopic (exact) mass is 582 g/mol. The van der Waals surface area contributed by atoms with Crippen molar-refractivity contribution in [1.29, 1.82) is 0 Å². The van der Waals surface area contributed by atoms with E-state index in [1.165, 1.54) is 6.07 Å². The van der Waals surface area contributed by atoms with E-state index in [9.17, 15) is 22.6 Å². The molecule has 9 heteroatoms. The molecule has 0 spiro atoms. The van der Waals surface area contributed by atoms with Crippen molar-refractivity contribution in [3.8, 4) is 0 Å². The molecule has 0 heterocycles. The van der Waals surface area contributed by atoms with Gasteiger partial charge in [0.05, 0.1) is 16.0 Å². The molecule has 0 aliphatic heterocycles. The van der Waals surface area contributed by atoms with E-state index < -0.39 is 39.2 Å². The predicted molar refractivity (Wildman–Crippen MR) is 122 cm³/mol. The van der Waals surface area contributed by atoms with Crippen molar-refractivity contribution in [3.63, 3.8) is 0 Å². The molecule has 0 bridgehead atoms. The smallest absolute Gasteiger partial charge is 1.00 e. The van der Waals surface area contributed by atoms with Crippen LogP contribution >= 0.6 is 0 Å². The van der Waals surface area contributed by atoms with E-state index in [1.807, 2.05) is 55.4 Å². The molecule has 174 valence electrons. The summed E-state index contributed by atoms with van der Waals surface area (Å²) in [6.07, 6.45) is -0.790. The first-order valence-electron chi connectivity index (χ1n) is 10.2. The standard InChI is InChI=1S/C22H34O7S.Ba.2H/c1-12(2)19(13(3)4)28-21(23)16-9-17(11-18(10-16)30(25,26)27)22(24)29-20(14(5)6)15(7)8;;;/h9-15,19-20H,1-8H3,(H,25,26,27);;;/q;+2;2*-1. The zero-order chi connectivity index (χ0) is 23.4. The van der Waals surface area contributed by atoms with Gasteiger partial charge in [0, 0.05) is 0 Å². The van der Waals surface area contributed by atoms with Crippen LogP contribution in [0.15, 0.2) is 23.1 Å². The minimum atomic E-state index is -4.65. The summed E-state index contributed by atoms with van der Waals surface area (Å²) in [5.74, 6) is -1.37. The third-order valence-electron chi connectivity index (χ3n) is 4.79. The van der Waals surface area contributed by atoms with E-state index >= 15 is 0 Å². The third-order valence-corrected chi connectivity index (χ3v) is 5.62. The Hall–Kier alpha value is -0.359. The fourth-order valence-corrected chi connectivity index (χ4v) is 4.00. The number of carbonyl (C=O) groups is 2. The van der Waals surface area contributed by atoms with Gasteiger partial charge in [0.2, 0.25) is 0 Å². The van der Waals surface area contributed by atoms with Gasteiger partial charge < -0.3 is 12.3 Å². The van der Waals surface area contributed by atoms with Crippen molar-refractivity contribution in [3.05, 3.63) is 29.3 Å². The summed E-state index contributed by atoms with van der Waals surface area (Å²) >= 11 is 0. The Morgan fingerprint density at radius 3 is 1.26 bits per heavy atom. The first-order valence-corrected chi connectivity index (χ1v) is 11.6. The van der Waals surface area contributed by atoms with Crippen molar-refractivity contribution < 1.29 is 34.9 Å². The number of hydrogen-bond acceptors (Lipinski definition) is 6. The normalized spacial score (nSPS) is 12.1. The summed E-state index contributed by atoms with van der Waals surface area (Å²) in [5, 5.41) is 0. The topological polar surface area (TPSA) is 107 Å². The van der Waals surface area contributed by atoms with Gasteiger partial charge in [-0.3, -0.25) is 4.55 Å². The molecule has 7 nitrogen and oxygen atoms in total. The number of ether oxygens (including phenoxy) is 2. The van der Waals surface area contributed by atoms with E-state index in [0.717, 1.165) is 12.1 Å². The van der Waals surface area contributed by atoms with Gasteiger partial charge in [-0.15, -0.1) is 0 Å². The van der Waals surface area contributed by atoms with Crippen LogP contribution in [-0.2, 0) is 19.6 Å². The minimum absolute atomic E-state index is 0. The Bertz CT molecular complexity index is 803. The van der Waals surface area contributed by atoms with Crippen LogP contribution in [0.4, 0.5) is 0 Å². The van der Waals surface area contributed by atoms with E-state index in [0.29, 0.717) is 0 Å². The summed E-state index contributed by atoms with van der Waals surface area (Å²) in [6, 6.07) is 3.22. The van der Waals surface area contributed by atoms with Gasteiger partial charge in [0.1, 0.15) is 12.2 Å². The molecule has 0 aromatic heterocycles. The Morgan fingerprint density at radius 2 is 1.03 bits per heavy atom. The molecule has 1 N–H and O–H groups in total. The SMILES string of the molecule is CC(C)C(OC(=O)c1cc(C(=O)OC(C(C)C)C(C)C)cc(S(=O)(=O)O)c1)C(C)C.[Ba+2].[H-].[H-]. The van der Waals surface area contributed by atoms with Gasteiger partial charge in [0.15, 0.2) is 0 Å². The largest absolute Gasteiger partial charge is 2.00 e. The van der Waals surface area contributed by atoms with E-state index in [4.69, 9.17) is 9.47 Å². The molecule has 0 aliphatic rings. The first-order chi connectivity index (χ1) is 13.6. The fourth-order valence-electron chi connectivity index (χ4n) is 3.45. The van der Waals surface area contributed by atoms with Crippen molar-refractivity contribution >= 4 is 70.9 Å². The minimum Gasteiger partial charge on any atom is -1.00 e. The summed E-state index contributed by atoms with van der Waals surface area (Å²) in [7, 11) is -4.65. The summed E-state index contributed by atoms with van der Waals surface area (Å²) in [5.41, 5.74) is -0.289. The van der Waals surface area contributed by atoms with Crippen LogP contribution in [0.1, 0.15) is 79.0 Å². The predicted octanol–water partition coefficient (Wildman–Crippen LogP) is 4.45.